The third kappa shape index (κ3) is 2.12. The standard InChI is InChI=1S/C21H32O3/c1-12(22)15-4-5-16-14-11-19(24)18-10-13(23)6-8-21(18,3)17(14)7-9-20(15,16)2/h13-18,23H,4-11H2,1-3H3/t13?,14-,15+,16-,17-,18?,20+,21+/m0/s1. The Hall–Kier alpha value is -0.700. The quantitative estimate of drug-likeness (QED) is 0.795. The van der Waals surface area contributed by atoms with Gasteiger partial charge in [0.05, 0.1) is 6.10 Å². The number of carbonyl (C=O) groups is 2. The molecule has 0 aliphatic heterocycles. The molecule has 0 amide bonds. The Kier molecular flexibility index (Phi) is 3.77. The van der Waals surface area contributed by atoms with Crippen molar-refractivity contribution in [3.05, 3.63) is 0 Å². The second-order valence-electron chi connectivity index (χ2n) is 9.82. The molecule has 0 aromatic heterocycles. The molecule has 8 atom stereocenters. The van der Waals surface area contributed by atoms with Gasteiger partial charge in [0, 0.05) is 18.3 Å². The van der Waals surface area contributed by atoms with Crippen molar-refractivity contribution in [3.63, 3.8) is 0 Å². The average Bonchev–Trinajstić information content (AvgIpc) is 2.87. The Morgan fingerprint density at radius 3 is 2.42 bits per heavy atom. The molecule has 4 aliphatic carbocycles. The number of hydrogen-bond donors (Lipinski definition) is 1. The first-order valence-electron chi connectivity index (χ1n) is 9.98. The van der Waals surface area contributed by atoms with Crippen molar-refractivity contribution in [1.29, 1.82) is 0 Å². The monoisotopic (exact) mass is 332 g/mol. The Morgan fingerprint density at radius 2 is 1.71 bits per heavy atom. The summed E-state index contributed by atoms with van der Waals surface area (Å²) in [5.41, 5.74) is 0.194. The molecule has 4 rings (SSSR count). The molecule has 1 N–H and O–H groups in total. The predicted octanol–water partition coefficient (Wildman–Crippen LogP) is 3.77. The molecule has 0 heterocycles. The number of Topliss-reactive ketones (excluding diaryl/α,β-unsaturated/α-hetero) is 2. The minimum absolute atomic E-state index is 0.0665. The van der Waals surface area contributed by atoms with Gasteiger partial charge in [-0.2, -0.15) is 0 Å². The number of hydrogen-bond acceptors (Lipinski definition) is 3. The molecule has 0 bridgehead atoms. The second kappa shape index (κ2) is 5.40. The summed E-state index contributed by atoms with van der Waals surface area (Å²) < 4.78 is 0. The predicted molar refractivity (Wildman–Crippen MR) is 92.3 cm³/mol. The van der Waals surface area contributed by atoms with Gasteiger partial charge in [0.2, 0.25) is 0 Å². The van der Waals surface area contributed by atoms with Crippen molar-refractivity contribution in [2.45, 2.75) is 78.2 Å². The molecule has 0 radical (unpaired) electrons. The van der Waals surface area contributed by atoms with Crippen molar-refractivity contribution in [2.24, 2.45) is 40.4 Å². The molecular formula is C21H32O3. The summed E-state index contributed by atoms with van der Waals surface area (Å²) in [5, 5.41) is 10.1. The van der Waals surface area contributed by atoms with E-state index in [2.05, 4.69) is 13.8 Å². The van der Waals surface area contributed by atoms with Gasteiger partial charge >= 0.3 is 0 Å². The SMILES string of the molecule is CC(=O)[C@H]1CC[C@H]2[C@@H]3CC(=O)C4CC(O)CC[C@]4(C)[C@H]3CC[C@]12C. The molecule has 24 heavy (non-hydrogen) atoms. The van der Waals surface area contributed by atoms with Gasteiger partial charge in [-0.15, -0.1) is 0 Å². The third-order valence-corrected chi connectivity index (χ3v) is 8.92. The van der Waals surface area contributed by atoms with Crippen molar-refractivity contribution < 1.29 is 14.7 Å². The normalized spacial score (nSPS) is 53.9. The third-order valence-electron chi connectivity index (χ3n) is 8.92. The Bertz CT molecular complexity index is 569. The lowest BCUT2D eigenvalue weighted by Gasteiger charge is -2.60. The first-order valence-corrected chi connectivity index (χ1v) is 9.98. The van der Waals surface area contributed by atoms with Gasteiger partial charge in [0.15, 0.2) is 0 Å². The molecule has 134 valence electrons. The molecule has 0 aromatic rings. The van der Waals surface area contributed by atoms with Crippen LogP contribution in [0.5, 0.6) is 0 Å². The van der Waals surface area contributed by atoms with Crippen LogP contribution in [0.25, 0.3) is 0 Å². The zero-order chi connectivity index (χ0) is 17.3. The fourth-order valence-electron chi connectivity index (χ4n) is 7.69. The maximum absolute atomic E-state index is 13.0. The van der Waals surface area contributed by atoms with Gasteiger partial charge in [-0.05, 0) is 80.5 Å². The minimum Gasteiger partial charge on any atom is -0.393 e. The largest absolute Gasteiger partial charge is 0.393 e. The van der Waals surface area contributed by atoms with Crippen LogP contribution in [0.2, 0.25) is 0 Å². The molecule has 0 saturated heterocycles. The number of rotatable bonds is 1. The van der Waals surface area contributed by atoms with Gasteiger partial charge in [-0.3, -0.25) is 9.59 Å². The van der Waals surface area contributed by atoms with E-state index in [9.17, 15) is 14.7 Å². The molecule has 4 fully saturated rings. The Balaban J connectivity index is 1.67. The lowest BCUT2D eigenvalue weighted by atomic mass is 9.44. The maximum Gasteiger partial charge on any atom is 0.136 e. The van der Waals surface area contributed by atoms with Gasteiger partial charge in [0.25, 0.3) is 0 Å². The summed E-state index contributed by atoms with van der Waals surface area (Å²) in [5.74, 6) is 2.64. The average molecular weight is 332 g/mol. The van der Waals surface area contributed by atoms with E-state index in [1.54, 1.807) is 6.92 Å². The Morgan fingerprint density at radius 1 is 1.04 bits per heavy atom. The van der Waals surface area contributed by atoms with Crippen LogP contribution in [0.3, 0.4) is 0 Å². The van der Waals surface area contributed by atoms with Crippen LogP contribution in [0.4, 0.5) is 0 Å². The summed E-state index contributed by atoms with van der Waals surface area (Å²) in [7, 11) is 0. The fraction of sp³-hybridized carbons (Fsp3) is 0.905. The summed E-state index contributed by atoms with van der Waals surface area (Å²) >= 11 is 0. The molecule has 4 aliphatic rings. The molecule has 0 aromatic carbocycles. The highest BCUT2D eigenvalue weighted by Gasteiger charge is 2.62. The summed E-state index contributed by atoms with van der Waals surface area (Å²) in [6.07, 6.45) is 7.38. The van der Waals surface area contributed by atoms with Crippen molar-refractivity contribution in [3.8, 4) is 0 Å². The van der Waals surface area contributed by atoms with E-state index < -0.39 is 0 Å². The first-order chi connectivity index (χ1) is 11.3. The smallest absolute Gasteiger partial charge is 0.136 e. The topological polar surface area (TPSA) is 54.4 Å². The Labute approximate surface area is 145 Å². The van der Waals surface area contributed by atoms with Crippen LogP contribution in [-0.2, 0) is 9.59 Å². The minimum atomic E-state index is -0.286. The summed E-state index contributed by atoms with van der Waals surface area (Å²) in [4.78, 5) is 25.1. The van der Waals surface area contributed by atoms with Gasteiger partial charge < -0.3 is 5.11 Å². The van der Waals surface area contributed by atoms with E-state index in [1.807, 2.05) is 0 Å². The summed E-state index contributed by atoms with van der Waals surface area (Å²) in [6.45, 7) is 6.42. The van der Waals surface area contributed by atoms with Crippen molar-refractivity contribution in [2.75, 3.05) is 0 Å². The van der Waals surface area contributed by atoms with E-state index in [0.29, 0.717) is 42.2 Å². The van der Waals surface area contributed by atoms with E-state index in [0.717, 1.165) is 38.5 Å². The lowest BCUT2D eigenvalue weighted by molar-refractivity contribution is -0.160. The van der Waals surface area contributed by atoms with Gasteiger partial charge in [-0.25, -0.2) is 0 Å². The molecule has 2 unspecified atom stereocenters. The molecular weight excluding hydrogens is 300 g/mol. The van der Waals surface area contributed by atoms with E-state index in [4.69, 9.17) is 0 Å². The molecule has 4 saturated carbocycles. The van der Waals surface area contributed by atoms with Gasteiger partial charge in [-0.1, -0.05) is 13.8 Å². The van der Waals surface area contributed by atoms with E-state index >= 15 is 0 Å². The van der Waals surface area contributed by atoms with Crippen molar-refractivity contribution in [1.82, 2.24) is 0 Å². The highest BCUT2D eigenvalue weighted by molar-refractivity contribution is 5.83. The fourth-order valence-corrected chi connectivity index (χ4v) is 7.69. The highest BCUT2D eigenvalue weighted by atomic mass is 16.3. The zero-order valence-electron chi connectivity index (χ0n) is 15.4. The number of ketones is 2. The number of fused-ring (bicyclic) bond motifs is 5. The van der Waals surface area contributed by atoms with Crippen LogP contribution in [0.15, 0.2) is 0 Å². The first kappa shape index (κ1) is 16.8. The zero-order valence-corrected chi connectivity index (χ0v) is 15.4. The second-order valence-corrected chi connectivity index (χ2v) is 9.82. The number of carbonyl (C=O) groups excluding carboxylic acids is 2. The van der Waals surface area contributed by atoms with Crippen LogP contribution >= 0.6 is 0 Å². The van der Waals surface area contributed by atoms with E-state index in [-0.39, 0.29) is 28.8 Å². The van der Waals surface area contributed by atoms with E-state index in [1.165, 1.54) is 0 Å². The van der Waals surface area contributed by atoms with Crippen molar-refractivity contribution >= 4 is 11.6 Å². The molecule has 0 spiro atoms. The molecule has 3 heteroatoms. The van der Waals surface area contributed by atoms with Gasteiger partial charge in [0.1, 0.15) is 11.6 Å². The van der Waals surface area contributed by atoms with Crippen LogP contribution in [0, 0.1) is 40.4 Å². The molecule has 3 nitrogen and oxygen atoms in total. The number of aliphatic hydroxyl groups is 1. The maximum atomic E-state index is 13.0. The van der Waals surface area contributed by atoms with Crippen LogP contribution in [0.1, 0.15) is 72.1 Å². The van der Waals surface area contributed by atoms with Crippen LogP contribution in [-0.4, -0.2) is 22.8 Å². The van der Waals surface area contributed by atoms with Crippen LogP contribution < -0.4 is 0 Å². The number of aliphatic hydroxyl groups excluding tert-OH is 1. The lowest BCUT2D eigenvalue weighted by Crippen LogP contribution is -2.57. The summed E-state index contributed by atoms with van der Waals surface area (Å²) in [6, 6.07) is 0. The highest BCUT2D eigenvalue weighted by Crippen LogP contribution is 2.66.